The van der Waals surface area contributed by atoms with Crippen LogP contribution in [-0.4, -0.2) is 17.6 Å². The number of carbonyl (C=O) groups is 1. The Hall–Kier alpha value is -1.88. The summed E-state index contributed by atoms with van der Waals surface area (Å²) in [7, 11) is 0. The first-order valence-corrected chi connectivity index (χ1v) is 6.87. The highest BCUT2D eigenvalue weighted by Gasteiger charge is 2.18. The van der Waals surface area contributed by atoms with Crippen molar-refractivity contribution in [1.29, 1.82) is 0 Å². The lowest BCUT2D eigenvalue weighted by atomic mass is 10.0. The van der Waals surface area contributed by atoms with Crippen molar-refractivity contribution in [2.24, 2.45) is 5.73 Å². The first-order chi connectivity index (χ1) is 9.47. The van der Waals surface area contributed by atoms with Gasteiger partial charge >= 0.3 is 5.97 Å². The van der Waals surface area contributed by atoms with Gasteiger partial charge in [-0.15, -0.1) is 0 Å². The number of allylic oxidation sites excluding steroid dienone is 1. The van der Waals surface area contributed by atoms with Crippen molar-refractivity contribution in [2.75, 3.05) is 6.61 Å². The third kappa shape index (κ3) is 4.35. The van der Waals surface area contributed by atoms with E-state index in [9.17, 15) is 4.79 Å². The molecule has 0 heterocycles. The number of esters is 1. The number of benzene rings is 1. The molecule has 0 spiro atoms. The topological polar surface area (TPSA) is 64.3 Å². The third-order valence-electron chi connectivity index (χ3n) is 2.81. The monoisotopic (exact) mass is 292 g/mol. The van der Waals surface area contributed by atoms with Crippen molar-refractivity contribution < 1.29 is 9.53 Å². The van der Waals surface area contributed by atoms with Gasteiger partial charge in [0, 0.05) is 11.6 Å². The molecule has 0 aliphatic rings. The van der Waals surface area contributed by atoms with E-state index in [4.69, 9.17) is 22.7 Å². The van der Waals surface area contributed by atoms with E-state index in [0.29, 0.717) is 10.7 Å². The molecule has 0 aliphatic carbocycles. The van der Waals surface area contributed by atoms with E-state index in [2.05, 4.69) is 5.32 Å². The maximum absolute atomic E-state index is 11.8. The Morgan fingerprint density at radius 3 is 2.50 bits per heavy atom. The second kappa shape index (κ2) is 7.65. The Balaban J connectivity index is 2.83. The molecular weight excluding hydrogens is 272 g/mol. The molecule has 1 rings (SSSR count). The van der Waals surface area contributed by atoms with E-state index in [1.165, 1.54) is 0 Å². The molecule has 3 N–H and O–H groups in total. The number of hydrogen-bond acceptors (Lipinski definition) is 4. The first kappa shape index (κ1) is 16.2. The van der Waals surface area contributed by atoms with Crippen LogP contribution in [0.3, 0.4) is 0 Å². The molecule has 0 radical (unpaired) electrons. The molecule has 0 saturated heterocycles. The van der Waals surface area contributed by atoms with Crippen molar-refractivity contribution in [3.8, 4) is 0 Å². The minimum Gasteiger partial charge on any atom is -0.461 e. The average molecular weight is 292 g/mol. The number of thiocarbonyl (C=S) groups is 1. The number of nitrogens with one attached hydrogen (secondary N) is 1. The number of rotatable bonds is 5. The maximum Gasteiger partial charge on any atom is 0.356 e. The van der Waals surface area contributed by atoms with Crippen LogP contribution < -0.4 is 11.1 Å². The zero-order valence-corrected chi connectivity index (χ0v) is 12.8. The lowest BCUT2D eigenvalue weighted by molar-refractivity contribution is -0.138. The van der Waals surface area contributed by atoms with E-state index in [-0.39, 0.29) is 18.2 Å². The van der Waals surface area contributed by atoms with Crippen molar-refractivity contribution >= 4 is 23.2 Å². The van der Waals surface area contributed by atoms with Crippen LogP contribution in [-0.2, 0) is 9.53 Å². The minimum absolute atomic E-state index is 0.0185. The van der Waals surface area contributed by atoms with Gasteiger partial charge in [0.15, 0.2) is 0 Å². The van der Waals surface area contributed by atoms with Gasteiger partial charge in [-0.3, -0.25) is 0 Å². The number of carbonyl (C=O) groups excluding carboxylic acids is 1. The molecule has 0 amide bonds. The Labute approximate surface area is 125 Å². The molecule has 5 heteroatoms. The largest absolute Gasteiger partial charge is 0.461 e. The van der Waals surface area contributed by atoms with E-state index in [1.807, 2.05) is 37.3 Å². The second-order valence-corrected chi connectivity index (χ2v) is 4.84. The van der Waals surface area contributed by atoms with Gasteiger partial charge in [-0.2, -0.15) is 0 Å². The summed E-state index contributed by atoms with van der Waals surface area (Å²) < 4.78 is 4.95. The highest BCUT2D eigenvalue weighted by molar-refractivity contribution is 7.80. The van der Waals surface area contributed by atoms with E-state index in [0.717, 1.165) is 5.56 Å². The summed E-state index contributed by atoms with van der Waals surface area (Å²) in [6, 6.07) is 9.82. The first-order valence-electron chi connectivity index (χ1n) is 6.46. The van der Waals surface area contributed by atoms with Gasteiger partial charge in [-0.05, 0) is 19.4 Å². The predicted octanol–water partition coefficient (Wildman–Crippen LogP) is 2.46. The van der Waals surface area contributed by atoms with Gasteiger partial charge in [0.1, 0.15) is 5.70 Å². The molecule has 1 atom stereocenters. The van der Waals surface area contributed by atoms with Crippen LogP contribution in [0.1, 0.15) is 32.3 Å². The van der Waals surface area contributed by atoms with Gasteiger partial charge in [0.05, 0.1) is 11.6 Å². The number of hydrogen-bond donors (Lipinski definition) is 2. The highest BCUT2D eigenvalue weighted by Crippen LogP contribution is 2.16. The molecule has 1 aromatic carbocycles. The quantitative estimate of drug-likeness (QED) is 0.496. The number of nitrogens with two attached hydrogens (primary N) is 1. The highest BCUT2D eigenvalue weighted by atomic mass is 32.1. The molecule has 0 bridgehead atoms. The van der Waals surface area contributed by atoms with Crippen LogP contribution in [0, 0.1) is 0 Å². The van der Waals surface area contributed by atoms with Crippen molar-refractivity contribution in [3.63, 3.8) is 0 Å². The number of ether oxygens (including phenoxy) is 1. The summed E-state index contributed by atoms with van der Waals surface area (Å²) in [6.07, 6.45) is 0. The van der Waals surface area contributed by atoms with Crippen molar-refractivity contribution in [2.45, 2.75) is 26.7 Å². The van der Waals surface area contributed by atoms with E-state index < -0.39 is 5.97 Å². The summed E-state index contributed by atoms with van der Waals surface area (Å²) in [5.41, 5.74) is 7.34. The van der Waals surface area contributed by atoms with Gasteiger partial charge in [0.2, 0.25) is 0 Å². The van der Waals surface area contributed by atoms with Crippen LogP contribution >= 0.6 is 12.2 Å². The zero-order valence-electron chi connectivity index (χ0n) is 12.0. The average Bonchev–Trinajstić information content (AvgIpc) is 2.44. The SMILES string of the molecule is CCOC(=O)C(NC(=S)C(C)c1ccccc1)=C(C)N. The van der Waals surface area contributed by atoms with Crippen LogP contribution in [0.2, 0.25) is 0 Å². The van der Waals surface area contributed by atoms with E-state index >= 15 is 0 Å². The molecule has 0 aromatic heterocycles. The third-order valence-corrected chi connectivity index (χ3v) is 3.27. The van der Waals surface area contributed by atoms with Crippen molar-refractivity contribution in [1.82, 2.24) is 5.32 Å². The van der Waals surface area contributed by atoms with Gasteiger partial charge < -0.3 is 15.8 Å². The van der Waals surface area contributed by atoms with Crippen LogP contribution in [0.25, 0.3) is 0 Å². The molecule has 0 saturated carbocycles. The Morgan fingerprint density at radius 2 is 2.00 bits per heavy atom. The lowest BCUT2D eigenvalue weighted by Gasteiger charge is -2.17. The fourth-order valence-electron chi connectivity index (χ4n) is 1.64. The van der Waals surface area contributed by atoms with Gasteiger partial charge in [0.25, 0.3) is 0 Å². The predicted molar refractivity (Wildman–Crippen MR) is 84.1 cm³/mol. The summed E-state index contributed by atoms with van der Waals surface area (Å²) in [6.45, 7) is 5.64. The summed E-state index contributed by atoms with van der Waals surface area (Å²) in [4.78, 5) is 12.3. The molecule has 0 aliphatic heterocycles. The van der Waals surface area contributed by atoms with Gasteiger partial charge in [-0.1, -0.05) is 49.5 Å². The molecule has 0 fully saturated rings. The molecule has 1 aromatic rings. The fraction of sp³-hybridized carbons (Fsp3) is 0.333. The standard InChI is InChI=1S/C15H20N2O2S/c1-4-19-15(18)13(11(3)16)17-14(20)10(2)12-8-6-5-7-9-12/h5-10H,4,16H2,1-3H3,(H,17,20). The smallest absolute Gasteiger partial charge is 0.356 e. The van der Waals surface area contributed by atoms with Crippen LogP contribution in [0.4, 0.5) is 0 Å². The molecule has 4 nitrogen and oxygen atoms in total. The maximum atomic E-state index is 11.8. The Morgan fingerprint density at radius 1 is 1.40 bits per heavy atom. The Kier molecular flexibility index (Phi) is 6.18. The summed E-state index contributed by atoms with van der Waals surface area (Å²) >= 11 is 5.35. The second-order valence-electron chi connectivity index (χ2n) is 4.40. The lowest BCUT2D eigenvalue weighted by Crippen LogP contribution is -2.32. The Bertz CT molecular complexity index is 508. The normalized spacial score (nSPS) is 13.2. The summed E-state index contributed by atoms with van der Waals surface area (Å²) in [5, 5.41) is 2.91. The molecular formula is C15H20N2O2S. The summed E-state index contributed by atoms with van der Waals surface area (Å²) in [5.74, 6) is -0.509. The zero-order chi connectivity index (χ0) is 15.1. The van der Waals surface area contributed by atoms with E-state index in [1.54, 1.807) is 13.8 Å². The van der Waals surface area contributed by atoms with Crippen LogP contribution in [0.5, 0.6) is 0 Å². The van der Waals surface area contributed by atoms with Gasteiger partial charge in [-0.25, -0.2) is 4.79 Å². The van der Waals surface area contributed by atoms with Crippen LogP contribution in [0.15, 0.2) is 41.7 Å². The molecule has 1 unspecified atom stereocenters. The molecule has 20 heavy (non-hydrogen) atoms. The minimum atomic E-state index is -0.491. The molecule has 108 valence electrons. The van der Waals surface area contributed by atoms with Crippen molar-refractivity contribution in [3.05, 3.63) is 47.3 Å². The fourth-order valence-corrected chi connectivity index (χ4v) is 1.88.